The van der Waals surface area contributed by atoms with Crippen molar-refractivity contribution < 1.29 is 0 Å². The molecule has 2 aromatic carbocycles. The van der Waals surface area contributed by atoms with Crippen LogP contribution in [0, 0.1) is 19.8 Å². The van der Waals surface area contributed by atoms with E-state index in [-0.39, 0.29) is 17.6 Å². The molecular formula is C25H24N6O. The molecule has 0 spiro atoms. The van der Waals surface area contributed by atoms with Gasteiger partial charge in [0.2, 0.25) is 0 Å². The maximum Gasteiger partial charge on any atom is 0.263 e. The van der Waals surface area contributed by atoms with Crippen LogP contribution in [-0.2, 0) is 6.54 Å². The molecule has 2 aliphatic rings. The molecule has 7 heteroatoms. The first-order valence-corrected chi connectivity index (χ1v) is 10.5. The van der Waals surface area contributed by atoms with Crippen LogP contribution in [0.15, 0.2) is 81.1 Å². The van der Waals surface area contributed by atoms with E-state index in [1.807, 2.05) is 61.3 Å². The lowest BCUT2D eigenvalue weighted by Crippen LogP contribution is -2.42. The van der Waals surface area contributed by atoms with Gasteiger partial charge in [-0.25, -0.2) is 9.98 Å². The van der Waals surface area contributed by atoms with Crippen LogP contribution in [0.4, 0.5) is 0 Å². The summed E-state index contributed by atoms with van der Waals surface area (Å²) in [6.07, 6.45) is 2.86. The van der Waals surface area contributed by atoms with Gasteiger partial charge in [-0.2, -0.15) is 5.10 Å². The van der Waals surface area contributed by atoms with Crippen LogP contribution in [0.3, 0.4) is 0 Å². The van der Waals surface area contributed by atoms with Crippen LogP contribution in [0.1, 0.15) is 16.8 Å². The van der Waals surface area contributed by atoms with Crippen molar-refractivity contribution in [3.63, 3.8) is 0 Å². The highest BCUT2D eigenvalue weighted by atomic mass is 16.1. The summed E-state index contributed by atoms with van der Waals surface area (Å²) in [5, 5.41) is 8.22. The molecule has 0 amide bonds. The zero-order chi connectivity index (χ0) is 22.4. The van der Waals surface area contributed by atoms with Crippen LogP contribution in [0.25, 0.3) is 16.5 Å². The second-order valence-electron chi connectivity index (χ2n) is 8.14. The predicted octanol–water partition coefficient (Wildman–Crippen LogP) is 3.31. The topological polar surface area (TPSA) is 88.3 Å². The van der Waals surface area contributed by atoms with Crippen molar-refractivity contribution in [1.29, 1.82) is 0 Å². The van der Waals surface area contributed by atoms with Crippen LogP contribution < -0.4 is 11.3 Å². The summed E-state index contributed by atoms with van der Waals surface area (Å²) in [4.78, 5) is 22.4. The first-order valence-electron chi connectivity index (χ1n) is 10.5. The Morgan fingerprint density at radius 1 is 1.12 bits per heavy atom. The zero-order valence-electron chi connectivity index (χ0n) is 18.1. The third-order valence-corrected chi connectivity index (χ3v) is 6.13. The largest absolute Gasteiger partial charge is 0.386 e. The van der Waals surface area contributed by atoms with Crippen LogP contribution >= 0.6 is 0 Å². The number of nitrogens with zero attached hydrogens (tertiary/aromatic N) is 5. The van der Waals surface area contributed by atoms with E-state index in [1.54, 1.807) is 10.6 Å². The average molecular weight is 425 g/mol. The van der Waals surface area contributed by atoms with E-state index >= 15 is 0 Å². The molecule has 0 radical (unpaired) electrons. The van der Waals surface area contributed by atoms with Gasteiger partial charge in [0.05, 0.1) is 23.3 Å². The number of hydrogen-bond donors (Lipinski definition) is 1. The number of nitrogens with two attached hydrogens (primary N) is 1. The number of rotatable bonds is 4. The fraction of sp³-hybridized carbons (Fsp3) is 0.200. The highest BCUT2D eigenvalue weighted by Crippen LogP contribution is 2.29. The standard InChI is InChI=1S/C25H24N6O/c1-4-19-22-23(26)27-14-28-24(22)30(29-19)13-18-12-17-10-7-9-16(3)21(17)25(32)31(18)20-11-6-5-8-15(20)2/h4-12,14,22,24H,1,13H2,2-3H3,(H2,26,27,28). The maximum absolute atomic E-state index is 13.8. The Morgan fingerprint density at radius 3 is 2.69 bits per heavy atom. The zero-order valence-corrected chi connectivity index (χ0v) is 18.1. The van der Waals surface area contributed by atoms with Crippen molar-refractivity contribution in [2.24, 2.45) is 26.7 Å². The summed E-state index contributed by atoms with van der Waals surface area (Å²) >= 11 is 0. The fourth-order valence-corrected chi connectivity index (χ4v) is 4.56. The molecule has 2 unspecified atom stereocenters. The van der Waals surface area contributed by atoms with E-state index < -0.39 is 0 Å². The highest BCUT2D eigenvalue weighted by Gasteiger charge is 2.40. The van der Waals surface area contributed by atoms with E-state index in [2.05, 4.69) is 22.6 Å². The molecule has 3 heterocycles. The summed E-state index contributed by atoms with van der Waals surface area (Å²) in [5.41, 5.74) is 10.5. The van der Waals surface area contributed by atoms with E-state index in [4.69, 9.17) is 10.8 Å². The molecule has 0 fully saturated rings. The number of fused-ring (bicyclic) bond motifs is 2. The molecule has 2 aliphatic heterocycles. The van der Waals surface area contributed by atoms with Gasteiger partial charge in [-0.05, 0) is 48.6 Å². The highest BCUT2D eigenvalue weighted by molar-refractivity contribution is 6.14. The Bertz CT molecular complexity index is 1400. The normalized spacial score (nSPS) is 19.6. The van der Waals surface area contributed by atoms with Crippen molar-refractivity contribution >= 4 is 28.7 Å². The molecule has 5 rings (SSSR count). The Hall–Kier alpha value is -4.00. The molecule has 0 saturated carbocycles. The number of amidine groups is 1. The van der Waals surface area contributed by atoms with E-state index in [0.29, 0.717) is 12.4 Å². The van der Waals surface area contributed by atoms with Gasteiger partial charge >= 0.3 is 0 Å². The Balaban J connectivity index is 1.70. The molecule has 3 aromatic rings. The average Bonchev–Trinajstić information content (AvgIpc) is 3.14. The van der Waals surface area contributed by atoms with Gasteiger partial charge in [0, 0.05) is 5.69 Å². The van der Waals surface area contributed by atoms with Crippen molar-refractivity contribution in [3.8, 4) is 5.69 Å². The second-order valence-corrected chi connectivity index (χ2v) is 8.14. The Labute approximate surface area is 185 Å². The molecule has 0 aliphatic carbocycles. The molecule has 2 N–H and O–H groups in total. The minimum absolute atomic E-state index is 0.0400. The second kappa shape index (κ2) is 7.60. The van der Waals surface area contributed by atoms with Gasteiger partial charge in [-0.3, -0.25) is 14.4 Å². The monoisotopic (exact) mass is 424 g/mol. The van der Waals surface area contributed by atoms with Crippen LogP contribution in [-0.4, -0.2) is 33.6 Å². The van der Waals surface area contributed by atoms with Gasteiger partial charge in [0.1, 0.15) is 18.1 Å². The van der Waals surface area contributed by atoms with E-state index in [0.717, 1.165) is 39.0 Å². The number of hydrazone groups is 1. The first-order chi connectivity index (χ1) is 15.5. The lowest BCUT2D eigenvalue weighted by Gasteiger charge is -2.27. The van der Waals surface area contributed by atoms with Gasteiger partial charge in [0.25, 0.3) is 5.56 Å². The van der Waals surface area contributed by atoms with Crippen molar-refractivity contribution in [2.75, 3.05) is 0 Å². The summed E-state index contributed by atoms with van der Waals surface area (Å²) in [5.74, 6) is 0.232. The predicted molar refractivity (Wildman–Crippen MR) is 130 cm³/mol. The van der Waals surface area contributed by atoms with Gasteiger partial charge in [-0.1, -0.05) is 43.0 Å². The maximum atomic E-state index is 13.8. The van der Waals surface area contributed by atoms with E-state index in [9.17, 15) is 4.79 Å². The molecular weight excluding hydrogens is 400 g/mol. The molecule has 2 atom stereocenters. The minimum atomic E-state index is -0.311. The summed E-state index contributed by atoms with van der Waals surface area (Å²) < 4.78 is 1.80. The summed E-state index contributed by atoms with van der Waals surface area (Å²) in [6, 6.07) is 15.9. The number of aromatic nitrogens is 1. The summed E-state index contributed by atoms with van der Waals surface area (Å²) in [7, 11) is 0. The minimum Gasteiger partial charge on any atom is -0.386 e. The number of para-hydroxylation sites is 1. The third kappa shape index (κ3) is 3.05. The first kappa shape index (κ1) is 19.9. The van der Waals surface area contributed by atoms with Crippen molar-refractivity contribution in [3.05, 3.63) is 88.4 Å². The summed E-state index contributed by atoms with van der Waals surface area (Å²) in [6.45, 7) is 8.24. The third-order valence-electron chi connectivity index (χ3n) is 6.13. The number of aryl methyl sites for hydroxylation is 2. The quantitative estimate of drug-likeness (QED) is 0.697. The van der Waals surface area contributed by atoms with Gasteiger partial charge in [0.15, 0.2) is 6.17 Å². The number of allylic oxidation sites excluding steroid dienone is 1. The number of aliphatic imine (C=N–C) groups is 2. The SMILES string of the molecule is C=CC1=NN(Cc2cc3cccc(C)c3c(=O)n2-c2ccccc2C)C2N=CN=C(N)C12. The fourth-order valence-electron chi connectivity index (χ4n) is 4.56. The molecule has 0 bridgehead atoms. The lowest BCUT2D eigenvalue weighted by atomic mass is 9.99. The van der Waals surface area contributed by atoms with Crippen LogP contribution in [0.2, 0.25) is 0 Å². The molecule has 32 heavy (non-hydrogen) atoms. The number of hydrogen-bond acceptors (Lipinski definition) is 6. The van der Waals surface area contributed by atoms with Gasteiger partial charge < -0.3 is 5.73 Å². The molecule has 7 nitrogen and oxygen atoms in total. The smallest absolute Gasteiger partial charge is 0.263 e. The van der Waals surface area contributed by atoms with Gasteiger partial charge in [-0.15, -0.1) is 0 Å². The van der Waals surface area contributed by atoms with Crippen LogP contribution in [0.5, 0.6) is 0 Å². The number of pyridine rings is 1. The van der Waals surface area contributed by atoms with Crippen molar-refractivity contribution in [2.45, 2.75) is 26.6 Å². The molecule has 160 valence electrons. The Morgan fingerprint density at radius 2 is 1.91 bits per heavy atom. The lowest BCUT2D eigenvalue weighted by molar-refractivity contribution is 0.210. The molecule has 0 saturated heterocycles. The Kier molecular flexibility index (Phi) is 4.74. The van der Waals surface area contributed by atoms with E-state index in [1.165, 1.54) is 6.34 Å². The number of benzene rings is 2. The molecule has 1 aromatic heterocycles. The van der Waals surface area contributed by atoms with Crippen molar-refractivity contribution in [1.82, 2.24) is 9.58 Å².